The quantitative estimate of drug-likeness (QED) is 0.718. The van der Waals surface area contributed by atoms with Crippen LogP contribution in [0.2, 0.25) is 0 Å². The Bertz CT molecular complexity index is 353. The van der Waals surface area contributed by atoms with E-state index in [0.29, 0.717) is 5.57 Å². The zero-order valence-electron chi connectivity index (χ0n) is 9.80. The molecule has 0 fully saturated rings. The third-order valence-electron chi connectivity index (χ3n) is 2.09. The van der Waals surface area contributed by atoms with Crippen LogP contribution in [0.4, 0.5) is 0 Å². The molecule has 1 atom stereocenters. The number of carbonyl (C=O) groups excluding carboxylic acids is 1. The van der Waals surface area contributed by atoms with Crippen LogP contribution in [0.3, 0.4) is 0 Å². The molecule has 0 saturated carbocycles. The largest absolute Gasteiger partial charge is 0.464 e. The summed E-state index contributed by atoms with van der Waals surface area (Å²) in [4.78, 5) is 13.2. The average molecular weight is 223 g/mol. The Morgan fingerprint density at radius 2 is 2.31 bits per heavy atom. The maximum Gasteiger partial charge on any atom is 0.339 e. The lowest BCUT2D eigenvalue weighted by atomic mass is 10.0. The van der Waals surface area contributed by atoms with Crippen LogP contribution in [0.15, 0.2) is 35.6 Å². The highest BCUT2D eigenvalue weighted by molar-refractivity contribution is 5.81. The summed E-state index contributed by atoms with van der Waals surface area (Å²) in [5.41, 5.74) is 1.40. The summed E-state index contributed by atoms with van der Waals surface area (Å²) >= 11 is 0. The first-order valence-electron chi connectivity index (χ1n) is 5.17. The predicted molar refractivity (Wildman–Crippen MR) is 61.6 cm³/mol. The van der Waals surface area contributed by atoms with Crippen molar-refractivity contribution in [2.75, 3.05) is 20.7 Å². The number of rotatable bonds is 4. The molecule has 88 valence electrons. The van der Waals surface area contributed by atoms with Crippen molar-refractivity contribution in [3.8, 4) is 0 Å². The molecule has 0 bridgehead atoms. The number of ether oxygens (including phenoxy) is 1. The summed E-state index contributed by atoms with van der Waals surface area (Å²) in [6, 6.07) is 0. The fourth-order valence-electron chi connectivity index (χ4n) is 1.44. The van der Waals surface area contributed by atoms with E-state index in [9.17, 15) is 9.90 Å². The topological polar surface area (TPSA) is 49.8 Å². The van der Waals surface area contributed by atoms with Gasteiger partial charge < -0.3 is 14.7 Å². The highest BCUT2D eigenvalue weighted by Crippen LogP contribution is 2.22. The second kappa shape index (κ2) is 5.51. The second-order valence-corrected chi connectivity index (χ2v) is 3.68. The van der Waals surface area contributed by atoms with Crippen LogP contribution in [0.1, 0.15) is 6.92 Å². The Labute approximate surface area is 95.5 Å². The molecule has 1 aliphatic rings. The second-order valence-electron chi connectivity index (χ2n) is 3.68. The molecule has 1 N–H and O–H groups in total. The lowest BCUT2D eigenvalue weighted by Crippen LogP contribution is -2.25. The Balaban J connectivity index is 2.78. The number of hydrogen-bond donors (Lipinski definition) is 1. The molecular weight excluding hydrogens is 206 g/mol. The van der Waals surface area contributed by atoms with Gasteiger partial charge in [0.2, 0.25) is 0 Å². The van der Waals surface area contributed by atoms with Crippen LogP contribution >= 0.6 is 0 Å². The minimum Gasteiger partial charge on any atom is -0.464 e. The highest BCUT2D eigenvalue weighted by Gasteiger charge is 2.24. The third kappa shape index (κ3) is 2.97. The molecule has 0 aromatic rings. The maximum absolute atomic E-state index is 11.4. The number of allylic oxidation sites excluding steroid dienone is 3. The Hall–Kier alpha value is -1.55. The first kappa shape index (κ1) is 12.5. The number of esters is 1. The van der Waals surface area contributed by atoms with Crippen molar-refractivity contribution in [1.29, 1.82) is 0 Å². The van der Waals surface area contributed by atoms with Gasteiger partial charge in [-0.2, -0.15) is 0 Å². The Morgan fingerprint density at radius 3 is 2.88 bits per heavy atom. The number of aliphatic hydroxyl groups is 1. The summed E-state index contributed by atoms with van der Waals surface area (Å²) in [5.74, 6) is -0.609. The Kier molecular flexibility index (Phi) is 4.31. The first-order valence-corrected chi connectivity index (χ1v) is 5.17. The maximum atomic E-state index is 11.4. The van der Waals surface area contributed by atoms with Gasteiger partial charge in [-0.25, -0.2) is 4.79 Å². The van der Waals surface area contributed by atoms with Crippen molar-refractivity contribution < 1.29 is 14.6 Å². The lowest BCUT2D eigenvalue weighted by molar-refractivity contribution is -0.150. The van der Waals surface area contributed by atoms with E-state index in [1.54, 1.807) is 19.1 Å². The van der Waals surface area contributed by atoms with Gasteiger partial charge in [0, 0.05) is 25.9 Å². The minimum atomic E-state index is -1.21. The first-order chi connectivity index (χ1) is 7.56. The van der Waals surface area contributed by atoms with Crippen LogP contribution < -0.4 is 0 Å². The van der Waals surface area contributed by atoms with Crippen LogP contribution in [0.5, 0.6) is 0 Å². The van der Waals surface area contributed by atoms with Crippen molar-refractivity contribution >= 4 is 5.97 Å². The fraction of sp³-hybridized carbons (Fsp3) is 0.417. The van der Waals surface area contributed by atoms with E-state index in [1.165, 1.54) is 0 Å². The number of nitrogens with zero attached hydrogens (tertiary/aromatic N) is 1. The highest BCUT2D eigenvalue weighted by atomic mass is 16.5. The molecule has 1 rings (SSSR count). The van der Waals surface area contributed by atoms with Gasteiger partial charge in [0.25, 0.3) is 0 Å². The number of aliphatic hydroxyl groups excluding tert-OH is 1. The van der Waals surface area contributed by atoms with Crippen molar-refractivity contribution in [1.82, 2.24) is 4.90 Å². The molecule has 0 aromatic carbocycles. The average Bonchev–Trinajstić information content (AvgIpc) is 2.64. The van der Waals surface area contributed by atoms with E-state index in [1.807, 2.05) is 31.3 Å². The third-order valence-corrected chi connectivity index (χ3v) is 2.09. The van der Waals surface area contributed by atoms with Gasteiger partial charge in [0.15, 0.2) is 6.10 Å². The van der Waals surface area contributed by atoms with Crippen molar-refractivity contribution in [3.63, 3.8) is 0 Å². The molecule has 0 amide bonds. The molecule has 4 heteroatoms. The lowest BCUT2D eigenvalue weighted by Gasteiger charge is -2.14. The summed E-state index contributed by atoms with van der Waals surface area (Å²) in [6.07, 6.45) is 6.00. The number of hydrogen-bond acceptors (Lipinski definition) is 4. The fourth-order valence-corrected chi connectivity index (χ4v) is 1.44. The van der Waals surface area contributed by atoms with Gasteiger partial charge >= 0.3 is 5.97 Å². The zero-order chi connectivity index (χ0) is 12.1. The van der Waals surface area contributed by atoms with E-state index >= 15 is 0 Å². The molecule has 4 nitrogen and oxygen atoms in total. The normalized spacial score (nSPS) is 18.5. The molecule has 0 heterocycles. The van der Waals surface area contributed by atoms with Gasteiger partial charge in [-0.05, 0) is 12.5 Å². The summed E-state index contributed by atoms with van der Waals surface area (Å²) in [5, 5.41) is 9.79. The van der Waals surface area contributed by atoms with Gasteiger partial charge in [-0.1, -0.05) is 18.2 Å². The zero-order valence-corrected chi connectivity index (χ0v) is 9.80. The van der Waals surface area contributed by atoms with Crippen molar-refractivity contribution in [2.24, 2.45) is 0 Å². The SMILES string of the molecule is CCOC(=O)C(O)C1=CC=C/C1=C\N(C)C. The molecular formula is C12H17NO3. The summed E-state index contributed by atoms with van der Waals surface area (Å²) in [7, 11) is 3.76. The van der Waals surface area contributed by atoms with E-state index in [-0.39, 0.29) is 6.61 Å². The molecule has 0 aliphatic heterocycles. The minimum absolute atomic E-state index is 0.267. The monoisotopic (exact) mass is 223 g/mol. The molecule has 1 aliphatic carbocycles. The standard InChI is InChI=1S/C12H17NO3/c1-4-16-12(15)11(14)10-7-5-6-9(10)8-13(2)3/h5-8,11,14H,4H2,1-3H3/b9-8+. The van der Waals surface area contributed by atoms with Gasteiger partial charge in [0.05, 0.1) is 6.61 Å². The molecule has 0 spiro atoms. The molecule has 0 saturated heterocycles. The van der Waals surface area contributed by atoms with E-state index in [0.717, 1.165) is 5.57 Å². The van der Waals surface area contributed by atoms with Gasteiger partial charge in [0.1, 0.15) is 0 Å². The predicted octanol–water partition coefficient (Wildman–Crippen LogP) is 0.852. The van der Waals surface area contributed by atoms with Crippen molar-refractivity contribution in [3.05, 3.63) is 35.6 Å². The summed E-state index contributed by atoms with van der Waals surface area (Å²) < 4.78 is 4.77. The number of carbonyl (C=O) groups is 1. The Morgan fingerprint density at radius 1 is 1.62 bits per heavy atom. The van der Waals surface area contributed by atoms with Gasteiger partial charge in [-0.15, -0.1) is 0 Å². The van der Waals surface area contributed by atoms with Crippen LogP contribution in [0, 0.1) is 0 Å². The summed E-state index contributed by atoms with van der Waals surface area (Å²) in [6.45, 7) is 1.98. The molecule has 0 aromatic heterocycles. The van der Waals surface area contributed by atoms with Crippen LogP contribution in [-0.2, 0) is 9.53 Å². The molecule has 16 heavy (non-hydrogen) atoms. The van der Waals surface area contributed by atoms with E-state index in [2.05, 4.69) is 0 Å². The molecule has 0 radical (unpaired) electrons. The van der Waals surface area contributed by atoms with Gasteiger partial charge in [-0.3, -0.25) is 0 Å². The van der Waals surface area contributed by atoms with Crippen LogP contribution in [0.25, 0.3) is 0 Å². The van der Waals surface area contributed by atoms with Crippen molar-refractivity contribution in [2.45, 2.75) is 13.0 Å². The van der Waals surface area contributed by atoms with Crippen LogP contribution in [-0.4, -0.2) is 42.8 Å². The van der Waals surface area contributed by atoms with E-state index in [4.69, 9.17) is 4.74 Å². The molecule has 1 unspecified atom stereocenters. The van der Waals surface area contributed by atoms with E-state index < -0.39 is 12.1 Å². The smallest absolute Gasteiger partial charge is 0.339 e.